The molecule has 5 nitrogen and oxygen atoms in total. The van der Waals surface area contributed by atoms with Gasteiger partial charge in [0.2, 0.25) is 0 Å². The Morgan fingerprint density at radius 3 is 1.63 bits per heavy atom. The maximum absolute atomic E-state index is 10.9. The molecule has 4 aromatic rings. The second kappa shape index (κ2) is 8.87. The molecule has 0 spiro atoms. The van der Waals surface area contributed by atoms with Gasteiger partial charge < -0.3 is 5.11 Å². The third-order valence-corrected chi connectivity index (χ3v) is 4.65. The van der Waals surface area contributed by atoms with E-state index in [9.17, 15) is 9.59 Å². The Hall–Kier alpha value is -4.19. The number of hydrogen-bond donors (Lipinski definition) is 1. The fourth-order valence-corrected chi connectivity index (χ4v) is 3.10. The highest BCUT2D eigenvalue weighted by atomic mass is 35.5. The average Bonchev–Trinajstić information content (AvgIpc) is 2.77. The van der Waals surface area contributed by atoms with Crippen LogP contribution in [-0.2, 0) is 0 Å². The van der Waals surface area contributed by atoms with Crippen molar-refractivity contribution in [3.63, 3.8) is 0 Å². The van der Waals surface area contributed by atoms with Gasteiger partial charge in [0.15, 0.2) is 11.4 Å². The lowest BCUT2D eigenvalue weighted by Gasteiger charge is -2.01. The molecule has 144 valence electrons. The van der Waals surface area contributed by atoms with E-state index in [-0.39, 0.29) is 5.56 Å². The first kappa shape index (κ1) is 20.5. The summed E-state index contributed by atoms with van der Waals surface area (Å²) >= 11 is 5.38. The minimum Gasteiger partial charge on any atom is -0.478 e. The van der Waals surface area contributed by atoms with Gasteiger partial charge >= 0.3 is 5.97 Å². The lowest BCUT2D eigenvalue weighted by Crippen LogP contribution is -1.94. The Morgan fingerprint density at radius 2 is 1.20 bits per heavy atom. The number of rotatable bonds is 2. The van der Waals surface area contributed by atoms with Crippen molar-refractivity contribution in [3.05, 3.63) is 107 Å². The van der Waals surface area contributed by atoms with Gasteiger partial charge in [-0.2, -0.15) is 0 Å². The summed E-state index contributed by atoms with van der Waals surface area (Å²) in [5, 5.41) is 11.6. The number of carbonyl (C=O) groups excluding carboxylic acids is 1. The van der Waals surface area contributed by atoms with Crippen molar-refractivity contribution in [2.45, 2.75) is 0 Å². The Kier molecular flexibility index (Phi) is 6.08. The average molecular weight is 413 g/mol. The van der Waals surface area contributed by atoms with E-state index in [1.807, 2.05) is 6.07 Å². The first-order valence-electron chi connectivity index (χ1n) is 8.68. The summed E-state index contributed by atoms with van der Waals surface area (Å²) in [5.74, 6) is -0.954. The van der Waals surface area contributed by atoms with E-state index in [0.717, 1.165) is 21.5 Å². The molecule has 0 radical (unpaired) electrons. The number of carboxylic acid groups (broad SMARTS) is 1. The van der Waals surface area contributed by atoms with Crippen LogP contribution in [0.25, 0.3) is 31.2 Å². The monoisotopic (exact) mass is 412 g/mol. The summed E-state index contributed by atoms with van der Waals surface area (Å²) in [4.78, 5) is 28.5. The molecule has 30 heavy (non-hydrogen) atoms. The molecule has 4 rings (SSSR count). The summed E-state index contributed by atoms with van der Waals surface area (Å²) in [6.45, 7) is 14.0. The van der Waals surface area contributed by atoms with Gasteiger partial charge in [0.1, 0.15) is 0 Å². The standard InChI is InChI=1S/C12H6ClNO.C12H7NO2/c1-14-11-4-2-3-8-7-9(12(13)15)5-6-10(8)11;1-13-11-4-2-3-8-7-9(12(14)15)5-6-10(8)11/h2-7H;2-7H,(H,14,15). The molecule has 0 unspecified atom stereocenters. The number of fused-ring (bicyclic) bond motifs is 2. The predicted molar refractivity (Wildman–Crippen MR) is 118 cm³/mol. The molecule has 0 aromatic heterocycles. The summed E-state index contributed by atoms with van der Waals surface area (Å²) < 4.78 is 0. The zero-order valence-electron chi connectivity index (χ0n) is 15.5. The fraction of sp³-hybridized carbons (Fsp3) is 0. The molecule has 0 aliphatic rings. The van der Waals surface area contributed by atoms with Gasteiger partial charge in [-0.25, -0.2) is 14.5 Å². The molecule has 0 atom stereocenters. The Balaban J connectivity index is 0.000000171. The molecule has 0 heterocycles. The number of aromatic carboxylic acids is 1. The van der Waals surface area contributed by atoms with E-state index in [0.29, 0.717) is 16.9 Å². The van der Waals surface area contributed by atoms with E-state index < -0.39 is 11.2 Å². The Morgan fingerprint density at radius 1 is 0.733 bits per heavy atom. The van der Waals surface area contributed by atoms with Crippen molar-refractivity contribution in [1.29, 1.82) is 0 Å². The molecule has 6 heteroatoms. The van der Waals surface area contributed by atoms with Crippen molar-refractivity contribution in [1.82, 2.24) is 0 Å². The van der Waals surface area contributed by atoms with Gasteiger partial charge in [0.25, 0.3) is 5.24 Å². The van der Waals surface area contributed by atoms with E-state index in [2.05, 4.69) is 9.69 Å². The quantitative estimate of drug-likeness (QED) is 0.289. The second-order valence-electron chi connectivity index (χ2n) is 6.23. The molecule has 1 N–H and O–H groups in total. The molecule has 0 aliphatic heterocycles. The molecule has 0 saturated heterocycles. The largest absolute Gasteiger partial charge is 0.478 e. The maximum Gasteiger partial charge on any atom is 0.335 e. The number of halogens is 1. The van der Waals surface area contributed by atoms with Crippen LogP contribution in [0.15, 0.2) is 72.8 Å². The number of nitrogens with zero attached hydrogens (tertiary/aromatic N) is 2. The highest BCUT2D eigenvalue weighted by Crippen LogP contribution is 2.27. The summed E-state index contributed by atoms with van der Waals surface area (Å²) in [6, 6.07) is 20.5. The highest BCUT2D eigenvalue weighted by Gasteiger charge is 2.06. The second-order valence-corrected chi connectivity index (χ2v) is 6.57. The van der Waals surface area contributed by atoms with Crippen LogP contribution in [0.2, 0.25) is 0 Å². The minimum atomic E-state index is -0.954. The van der Waals surface area contributed by atoms with Crippen molar-refractivity contribution >= 4 is 55.7 Å². The lowest BCUT2D eigenvalue weighted by molar-refractivity contribution is 0.0697. The van der Waals surface area contributed by atoms with Crippen LogP contribution in [0.4, 0.5) is 11.4 Å². The van der Waals surface area contributed by atoms with Gasteiger partial charge in [0, 0.05) is 5.56 Å². The maximum atomic E-state index is 10.9. The molecule has 0 amide bonds. The predicted octanol–water partition coefficient (Wildman–Crippen LogP) is 6.86. The normalized spacial score (nSPS) is 9.83. The first-order chi connectivity index (χ1) is 14.4. The first-order valence-corrected chi connectivity index (χ1v) is 9.06. The fourth-order valence-electron chi connectivity index (χ4n) is 2.98. The third kappa shape index (κ3) is 4.28. The Bertz CT molecular complexity index is 1270. The molecule has 0 fully saturated rings. The summed E-state index contributed by atoms with van der Waals surface area (Å²) in [7, 11) is 0. The number of carbonyl (C=O) groups is 2. The van der Waals surface area contributed by atoms with Gasteiger partial charge in [-0.05, 0) is 51.3 Å². The van der Waals surface area contributed by atoms with Gasteiger partial charge in [-0.15, -0.1) is 0 Å². The SMILES string of the molecule is [C-]#[N+]c1cccc2cc(C(=O)Cl)ccc12.[C-]#[N+]c1cccc2cc(C(=O)O)ccc12. The van der Waals surface area contributed by atoms with Crippen LogP contribution >= 0.6 is 11.6 Å². The lowest BCUT2D eigenvalue weighted by atomic mass is 10.1. The molecule has 0 bridgehead atoms. The summed E-state index contributed by atoms with van der Waals surface area (Å²) in [5.41, 5.74) is 1.82. The van der Waals surface area contributed by atoms with Gasteiger partial charge in [-0.1, -0.05) is 54.6 Å². The van der Waals surface area contributed by atoms with Crippen molar-refractivity contribution in [3.8, 4) is 0 Å². The van der Waals surface area contributed by atoms with Crippen molar-refractivity contribution in [2.75, 3.05) is 0 Å². The van der Waals surface area contributed by atoms with Gasteiger partial charge in [0.05, 0.1) is 18.7 Å². The topological polar surface area (TPSA) is 63.1 Å². The Labute approximate surface area is 177 Å². The summed E-state index contributed by atoms with van der Waals surface area (Å²) in [6.07, 6.45) is 0. The zero-order chi connectivity index (χ0) is 21.7. The highest BCUT2D eigenvalue weighted by molar-refractivity contribution is 6.67. The van der Waals surface area contributed by atoms with Crippen LogP contribution in [-0.4, -0.2) is 16.3 Å². The number of hydrogen-bond acceptors (Lipinski definition) is 2. The van der Waals surface area contributed by atoms with E-state index in [1.165, 1.54) is 6.07 Å². The molecular formula is C24H13ClN2O3. The van der Waals surface area contributed by atoms with Crippen LogP contribution in [0.1, 0.15) is 20.7 Å². The molecular weight excluding hydrogens is 400 g/mol. The van der Waals surface area contributed by atoms with E-state index >= 15 is 0 Å². The number of carboxylic acids is 1. The van der Waals surface area contributed by atoms with Crippen LogP contribution in [0.5, 0.6) is 0 Å². The van der Waals surface area contributed by atoms with Crippen LogP contribution in [0.3, 0.4) is 0 Å². The smallest absolute Gasteiger partial charge is 0.335 e. The van der Waals surface area contributed by atoms with E-state index in [1.54, 1.807) is 60.7 Å². The van der Waals surface area contributed by atoms with Gasteiger partial charge in [-0.3, -0.25) is 4.79 Å². The van der Waals surface area contributed by atoms with E-state index in [4.69, 9.17) is 29.9 Å². The molecule has 0 aliphatic carbocycles. The number of benzene rings is 4. The van der Waals surface area contributed by atoms with Crippen molar-refractivity contribution < 1.29 is 14.7 Å². The molecule has 0 saturated carbocycles. The molecule has 4 aromatic carbocycles. The van der Waals surface area contributed by atoms with Crippen LogP contribution < -0.4 is 0 Å². The minimum absolute atomic E-state index is 0.240. The van der Waals surface area contributed by atoms with Crippen LogP contribution in [0, 0.1) is 13.1 Å². The third-order valence-electron chi connectivity index (χ3n) is 4.43. The van der Waals surface area contributed by atoms with Crippen molar-refractivity contribution in [2.24, 2.45) is 0 Å². The zero-order valence-corrected chi connectivity index (χ0v) is 16.2.